The molecule has 1 amide bonds. The number of thioether (sulfide) groups is 1. The Hall–Kier alpha value is -1.62. The molecule has 1 N–H and O–H groups in total. The van der Waals surface area contributed by atoms with Crippen LogP contribution in [0, 0.1) is 0 Å². The highest BCUT2D eigenvalue weighted by Crippen LogP contribution is 2.28. The topological polar surface area (TPSA) is 54.9 Å². The average Bonchev–Trinajstić information content (AvgIpc) is 3.04. The number of hydrogen-bond acceptors (Lipinski definition) is 4. The third-order valence-electron chi connectivity index (χ3n) is 3.72. The first-order chi connectivity index (χ1) is 10.3. The summed E-state index contributed by atoms with van der Waals surface area (Å²) in [5.41, 5.74) is 1.95. The molecule has 1 aromatic carbocycles. The zero-order valence-corrected chi connectivity index (χ0v) is 12.7. The van der Waals surface area contributed by atoms with Crippen LogP contribution in [0.1, 0.15) is 36.2 Å². The maximum absolute atomic E-state index is 12.1. The van der Waals surface area contributed by atoms with Crippen molar-refractivity contribution in [1.29, 1.82) is 0 Å². The van der Waals surface area contributed by atoms with Gasteiger partial charge in [0.15, 0.2) is 0 Å². The van der Waals surface area contributed by atoms with E-state index in [1.165, 1.54) is 25.7 Å². The van der Waals surface area contributed by atoms with Crippen LogP contribution in [0.5, 0.6) is 0 Å². The van der Waals surface area contributed by atoms with Gasteiger partial charge in [0.05, 0.1) is 17.2 Å². The van der Waals surface area contributed by atoms with Crippen molar-refractivity contribution in [2.24, 2.45) is 0 Å². The SMILES string of the molecule is O=C(NCCSC1CCCC1)c1cnc2ccccc2n1. The van der Waals surface area contributed by atoms with Gasteiger partial charge in [-0.2, -0.15) is 11.8 Å². The van der Waals surface area contributed by atoms with Gasteiger partial charge in [-0.25, -0.2) is 4.98 Å². The van der Waals surface area contributed by atoms with Crippen LogP contribution in [0.2, 0.25) is 0 Å². The normalized spacial score (nSPS) is 15.4. The van der Waals surface area contributed by atoms with Gasteiger partial charge >= 0.3 is 0 Å². The van der Waals surface area contributed by atoms with Crippen molar-refractivity contribution in [1.82, 2.24) is 15.3 Å². The van der Waals surface area contributed by atoms with Gasteiger partial charge in [0.2, 0.25) is 0 Å². The summed E-state index contributed by atoms with van der Waals surface area (Å²) in [5.74, 6) is 0.831. The van der Waals surface area contributed by atoms with Gasteiger partial charge in [-0.1, -0.05) is 25.0 Å². The summed E-state index contributed by atoms with van der Waals surface area (Å²) < 4.78 is 0. The van der Waals surface area contributed by atoms with Crippen LogP contribution in [0.3, 0.4) is 0 Å². The highest BCUT2D eigenvalue weighted by atomic mass is 32.2. The van der Waals surface area contributed by atoms with Crippen molar-refractivity contribution >= 4 is 28.7 Å². The lowest BCUT2D eigenvalue weighted by atomic mass is 10.3. The number of aromatic nitrogens is 2. The van der Waals surface area contributed by atoms with Gasteiger partial charge < -0.3 is 5.32 Å². The minimum atomic E-state index is -0.139. The third kappa shape index (κ3) is 3.73. The molecule has 0 bridgehead atoms. The van der Waals surface area contributed by atoms with Gasteiger partial charge in [0.1, 0.15) is 5.69 Å². The first-order valence-corrected chi connectivity index (χ1v) is 8.49. The molecular formula is C16H19N3OS. The Kier molecular flexibility index (Phi) is 4.70. The number of carbonyl (C=O) groups is 1. The zero-order chi connectivity index (χ0) is 14.5. The zero-order valence-electron chi connectivity index (χ0n) is 11.9. The number of benzene rings is 1. The van der Waals surface area contributed by atoms with Gasteiger partial charge in [0, 0.05) is 17.5 Å². The lowest BCUT2D eigenvalue weighted by molar-refractivity contribution is 0.0951. The summed E-state index contributed by atoms with van der Waals surface area (Å²) in [6.07, 6.45) is 6.92. The number of nitrogens with zero attached hydrogens (tertiary/aromatic N) is 2. The Morgan fingerprint density at radius 1 is 1.24 bits per heavy atom. The number of para-hydroxylation sites is 2. The molecule has 0 radical (unpaired) electrons. The van der Waals surface area contributed by atoms with E-state index >= 15 is 0 Å². The van der Waals surface area contributed by atoms with Gasteiger partial charge in [-0.15, -0.1) is 0 Å². The summed E-state index contributed by atoms with van der Waals surface area (Å²) in [6.45, 7) is 0.689. The molecule has 0 spiro atoms. The quantitative estimate of drug-likeness (QED) is 0.863. The number of nitrogens with one attached hydrogen (secondary N) is 1. The number of fused-ring (bicyclic) bond motifs is 1. The summed E-state index contributed by atoms with van der Waals surface area (Å²) in [6, 6.07) is 7.57. The van der Waals surface area contributed by atoms with Gasteiger partial charge in [0.25, 0.3) is 5.91 Å². The molecule has 4 nitrogen and oxygen atoms in total. The molecular weight excluding hydrogens is 282 g/mol. The van der Waals surface area contributed by atoms with Crippen molar-refractivity contribution in [3.05, 3.63) is 36.2 Å². The molecule has 0 unspecified atom stereocenters. The monoisotopic (exact) mass is 301 g/mol. The number of amides is 1. The maximum Gasteiger partial charge on any atom is 0.271 e. The Morgan fingerprint density at radius 3 is 2.81 bits per heavy atom. The molecule has 1 aromatic heterocycles. The van der Waals surface area contributed by atoms with E-state index in [9.17, 15) is 4.79 Å². The molecule has 3 rings (SSSR count). The van der Waals surface area contributed by atoms with E-state index in [4.69, 9.17) is 0 Å². The van der Waals surface area contributed by atoms with Crippen LogP contribution in [0.25, 0.3) is 11.0 Å². The second-order valence-corrected chi connectivity index (χ2v) is 6.69. The van der Waals surface area contributed by atoms with E-state index in [1.807, 2.05) is 36.0 Å². The van der Waals surface area contributed by atoms with E-state index in [0.717, 1.165) is 22.0 Å². The molecule has 1 aliphatic rings. The van der Waals surface area contributed by atoms with Crippen molar-refractivity contribution < 1.29 is 4.79 Å². The molecule has 0 saturated heterocycles. The summed E-state index contributed by atoms with van der Waals surface area (Å²) in [5, 5.41) is 3.72. The fraction of sp³-hybridized carbons (Fsp3) is 0.438. The van der Waals surface area contributed by atoms with Crippen LogP contribution < -0.4 is 5.32 Å². The Bertz CT molecular complexity index is 626. The minimum Gasteiger partial charge on any atom is -0.350 e. The molecule has 1 aliphatic carbocycles. The summed E-state index contributed by atoms with van der Waals surface area (Å²) in [7, 11) is 0. The largest absolute Gasteiger partial charge is 0.350 e. The van der Waals surface area contributed by atoms with Crippen molar-refractivity contribution in [2.75, 3.05) is 12.3 Å². The standard InChI is InChI=1S/C16H19N3OS/c20-16(17-9-10-21-12-5-1-2-6-12)15-11-18-13-7-3-4-8-14(13)19-15/h3-4,7-8,11-12H,1-2,5-6,9-10H2,(H,17,20). The molecule has 2 aromatic rings. The molecule has 110 valence electrons. The van der Waals surface area contributed by atoms with E-state index in [0.29, 0.717) is 12.2 Å². The second-order valence-electron chi connectivity index (χ2n) is 5.28. The first-order valence-electron chi connectivity index (χ1n) is 7.44. The first kappa shape index (κ1) is 14.3. The van der Waals surface area contributed by atoms with E-state index in [1.54, 1.807) is 6.20 Å². The van der Waals surface area contributed by atoms with Gasteiger partial charge in [-0.05, 0) is 25.0 Å². The van der Waals surface area contributed by atoms with E-state index in [2.05, 4.69) is 15.3 Å². The Labute approximate surface area is 128 Å². The van der Waals surface area contributed by atoms with Crippen molar-refractivity contribution in [2.45, 2.75) is 30.9 Å². The summed E-state index contributed by atoms with van der Waals surface area (Å²) >= 11 is 1.97. The molecule has 1 saturated carbocycles. The molecule has 21 heavy (non-hydrogen) atoms. The van der Waals surface area contributed by atoms with Crippen LogP contribution in [0.4, 0.5) is 0 Å². The molecule has 0 atom stereocenters. The highest BCUT2D eigenvalue weighted by molar-refractivity contribution is 7.99. The third-order valence-corrected chi connectivity index (χ3v) is 5.11. The van der Waals surface area contributed by atoms with Crippen molar-refractivity contribution in [3.63, 3.8) is 0 Å². The second kappa shape index (κ2) is 6.89. The number of hydrogen-bond donors (Lipinski definition) is 1. The van der Waals surface area contributed by atoms with Gasteiger partial charge in [-0.3, -0.25) is 9.78 Å². The van der Waals surface area contributed by atoms with E-state index in [-0.39, 0.29) is 5.91 Å². The van der Waals surface area contributed by atoms with E-state index < -0.39 is 0 Å². The van der Waals surface area contributed by atoms with Crippen LogP contribution >= 0.6 is 11.8 Å². The lowest BCUT2D eigenvalue weighted by Crippen LogP contribution is -2.27. The highest BCUT2D eigenvalue weighted by Gasteiger charge is 2.15. The minimum absolute atomic E-state index is 0.139. The molecule has 0 aliphatic heterocycles. The predicted molar refractivity (Wildman–Crippen MR) is 86.6 cm³/mol. The number of carbonyl (C=O) groups excluding carboxylic acids is 1. The fourth-order valence-electron chi connectivity index (χ4n) is 2.60. The fourth-order valence-corrected chi connectivity index (χ4v) is 3.82. The molecule has 1 heterocycles. The predicted octanol–water partition coefficient (Wildman–Crippen LogP) is 3.04. The number of rotatable bonds is 5. The van der Waals surface area contributed by atoms with Crippen molar-refractivity contribution in [3.8, 4) is 0 Å². The smallest absolute Gasteiger partial charge is 0.271 e. The molecule has 1 fully saturated rings. The summed E-state index contributed by atoms with van der Waals surface area (Å²) in [4.78, 5) is 20.7. The van der Waals surface area contributed by atoms with Crippen LogP contribution in [0.15, 0.2) is 30.5 Å². The maximum atomic E-state index is 12.1. The van der Waals surface area contributed by atoms with Crippen LogP contribution in [-0.4, -0.2) is 33.4 Å². The lowest BCUT2D eigenvalue weighted by Gasteiger charge is -2.09. The average molecular weight is 301 g/mol. The molecule has 5 heteroatoms. The van der Waals surface area contributed by atoms with Crippen LogP contribution in [-0.2, 0) is 0 Å². The Balaban J connectivity index is 1.51. The Morgan fingerprint density at radius 2 is 2.00 bits per heavy atom.